The molecule has 2 saturated heterocycles. The highest BCUT2D eigenvalue weighted by atomic mass is 28.4. The normalized spacial score (nSPS) is 25.4. The van der Waals surface area contributed by atoms with Crippen LogP contribution in [0.25, 0.3) is 6.08 Å². The first-order valence-electron chi connectivity index (χ1n) is 15.1. The van der Waals surface area contributed by atoms with Crippen molar-refractivity contribution in [2.24, 2.45) is 0 Å². The maximum atomic E-state index is 6.96. The van der Waals surface area contributed by atoms with Gasteiger partial charge >= 0.3 is 0 Å². The average Bonchev–Trinajstić information content (AvgIpc) is 3.29. The number of fused-ring (bicyclic) bond motifs is 1. The van der Waals surface area contributed by atoms with E-state index in [2.05, 4.69) is 79.8 Å². The van der Waals surface area contributed by atoms with E-state index in [1.165, 1.54) is 5.20 Å². The Kier molecular flexibility index (Phi) is 9.63. The van der Waals surface area contributed by atoms with Crippen LogP contribution < -0.4 is 0 Å². The fourth-order valence-electron chi connectivity index (χ4n) is 5.96. The van der Waals surface area contributed by atoms with Gasteiger partial charge in [0.25, 0.3) is 0 Å². The van der Waals surface area contributed by atoms with Gasteiger partial charge in [0, 0.05) is 0 Å². The van der Waals surface area contributed by atoms with Gasteiger partial charge in [-0.1, -0.05) is 127 Å². The van der Waals surface area contributed by atoms with Crippen LogP contribution in [0.2, 0.25) is 13.1 Å². The zero-order valence-electron chi connectivity index (χ0n) is 24.9. The van der Waals surface area contributed by atoms with Crippen molar-refractivity contribution < 1.29 is 23.4 Å². The Morgan fingerprint density at radius 2 is 1.12 bits per heavy atom. The van der Waals surface area contributed by atoms with Crippen molar-refractivity contribution in [3.05, 3.63) is 149 Å². The summed E-state index contributed by atoms with van der Waals surface area (Å²) in [7, 11) is -2.30. The first-order valence-corrected chi connectivity index (χ1v) is 18.0. The van der Waals surface area contributed by atoms with E-state index in [9.17, 15) is 0 Å². The van der Waals surface area contributed by atoms with Gasteiger partial charge in [-0.25, -0.2) is 0 Å². The SMILES string of the molecule is C[Si]1(C)O[C@@H]2[C@@H](OCc3ccccc3)[C@H](OCc3ccccc3)[C@@H](COCc3ccccc3)O[C@@H]2/C1=C\c1ccccc1. The van der Waals surface area contributed by atoms with E-state index in [4.69, 9.17) is 23.4 Å². The first kappa shape index (κ1) is 29.7. The van der Waals surface area contributed by atoms with E-state index in [1.54, 1.807) is 0 Å². The van der Waals surface area contributed by atoms with Crippen LogP contribution in [0.3, 0.4) is 0 Å². The lowest BCUT2D eigenvalue weighted by Gasteiger charge is -2.44. The summed E-state index contributed by atoms with van der Waals surface area (Å²) in [4.78, 5) is 0. The molecule has 2 heterocycles. The molecule has 6 heteroatoms. The zero-order chi connectivity index (χ0) is 29.5. The number of benzene rings is 4. The van der Waals surface area contributed by atoms with Gasteiger partial charge in [-0.3, -0.25) is 0 Å². The molecule has 222 valence electrons. The maximum Gasteiger partial charge on any atom is 0.217 e. The first-order chi connectivity index (χ1) is 21.1. The van der Waals surface area contributed by atoms with Gasteiger partial charge in [-0.05, 0) is 40.5 Å². The maximum absolute atomic E-state index is 6.96. The van der Waals surface area contributed by atoms with E-state index in [1.807, 2.05) is 60.7 Å². The molecule has 0 saturated carbocycles. The minimum Gasteiger partial charge on any atom is -0.404 e. The van der Waals surface area contributed by atoms with E-state index in [-0.39, 0.29) is 30.5 Å². The van der Waals surface area contributed by atoms with Crippen molar-refractivity contribution in [3.63, 3.8) is 0 Å². The zero-order valence-corrected chi connectivity index (χ0v) is 25.9. The molecule has 0 unspecified atom stereocenters. The Balaban J connectivity index is 1.32. The second-order valence-electron chi connectivity index (χ2n) is 11.7. The molecule has 2 aliphatic heterocycles. The standard InChI is InChI=1S/C37H40O5Si/c1-43(2)33(23-28-15-7-3-8-16-28)35-37(42-43)36(40-26-31-21-13-6-14-22-31)34(39-25-30-19-11-5-12-20-30)32(41-35)27-38-24-29-17-9-4-10-18-29/h3-23,32,34-37H,24-27H2,1-2H3/b33-23+/t32-,34-,35-,36+,37+/m1/s1. The van der Waals surface area contributed by atoms with Gasteiger partial charge in [0.15, 0.2) is 0 Å². The van der Waals surface area contributed by atoms with Gasteiger partial charge in [0.05, 0.1) is 26.4 Å². The molecule has 0 bridgehead atoms. The number of ether oxygens (including phenoxy) is 4. The molecule has 0 N–H and O–H groups in total. The molecular weight excluding hydrogens is 552 g/mol. The highest BCUT2D eigenvalue weighted by Crippen LogP contribution is 2.43. The van der Waals surface area contributed by atoms with Crippen molar-refractivity contribution in [2.75, 3.05) is 6.61 Å². The van der Waals surface area contributed by atoms with Crippen LogP contribution in [-0.4, -0.2) is 45.4 Å². The summed E-state index contributed by atoms with van der Waals surface area (Å²) in [5.41, 5.74) is 4.48. The molecule has 0 radical (unpaired) electrons. The lowest BCUT2D eigenvalue weighted by Crippen LogP contribution is -2.59. The fraction of sp³-hybridized carbons (Fsp3) is 0.297. The quantitative estimate of drug-likeness (QED) is 0.170. The molecule has 4 aromatic carbocycles. The van der Waals surface area contributed by atoms with Crippen molar-refractivity contribution in [3.8, 4) is 0 Å². The van der Waals surface area contributed by atoms with Crippen molar-refractivity contribution in [1.29, 1.82) is 0 Å². The molecule has 0 aliphatic carbocycles. The minimum atomic E-state index is -2.30. The number of hydrogen-bond donors (Lipinski definition) is 0. The fourth-order valence-corrected chi connectivity index (χ4v) is 8.46. The summed E-state index contributed by atoms with van der Waals surface area (Å²) in [6, 6.07) is 41.2. The number of hydrogen-bond acceptors (Lipinski definition) is 5. The largest absolute Gasteiger partial charge is 0.404 e. The molecule has 0 aromatic heterocycles. The lowest BCUT2D eigenvalue weighted by atomic mass is 9.93. The lowest BCUT2D eigenvalue weighted by molar-refractivity contribution is -0.242. The predicted molar refractivity (Wildman–Crippen MR) is 172 cm³/mol. The Labute approximate surface area is 256 Å². The smallest absolute Gasteiger partial charge is 0.217 e. The van der Waals surface area contributed by atoms with Gasteiger partial charge in [0.2, 0.25) is 8.32 Å². The second-order valence-corrected chi connectivity index (χ2v) is 15.6. The van der Waals surface area contributed by atoms with Crippen LogP contribution in [0.4, 0.5) is 0 Å². The molecule has 0 amide bonds. The van der Waals surface area contributed by atoms with Crippen LogP contribution in [0.5, 0.6) is 0 Å². The molecule has 43 heavy (non-hydrogen) atoms. The van der Waals surface area contributed by atoms with Crippen molar-refractivity contribution in [2.45, 2.75) is 63.4 Å². The van der Waals surface area contributed by atoms with Crippen LogP contribution in [0.1, 0.15) is 22.3 Å². The highest BCUT2D eigenvalue weighted by molar-refractivity contribution is 6.80. The second kappa shape index (κ2) is 13.9. The van der Waals surface area contributed by atoms with Gasteiger partial charge in [-0.2, -0.15) is 0 Å². The summed E-state index contributed by atoms with van der Waals surface area (Å²) in [5.74, 6) is 0. The molecule has 0 spiro atoms. The van der Waals surface area contributed by atoms with Crippen molar-refractivity contribution in [1.82, 2.24) is 0 Å². The van der Waals surface area contributed by atoms with Crippen LogP contribution in [0.15, 0.2) is 127 Å². The number of rotatable bonds is 11. The molecule has 5 nitrogen and oxygen atoms in total. The molecule has 2 aliphatic rings. The van der Waals surface area contributed by atoms with Crippen LogP contribution in [0, 0.1) is 0 Å². The summed E-state index contributed by atoms with van der Waals surface area (Å²) < 4.78 is 33.7. The van der Waals surface area contributed by atoms with Gasteiger partial charge in [-0.15, -0.1) is 0 Å². The highest BCUT2D eigenvalue weighted by Gasteiger charge is 2.58. The third kappa shape index (κ3) is 7.41. The summed E-state index contributed by atoms with van der Waals surface area (Å²) in [6.45, 7) is 6.28. The van der Waals surface area contributed by atoms with E-state index in [0.717, 1.165) is 22.3 Å². The predicted octanol–water partition coefficient (Wildman–Crippen LogP) is 7.37. The van der Waals surface area contributed by atoms with Crippen LogP contribution >= 0.6 is 0 Å². The van der Waals surface area contributed by atoms with Crippen molar-refractivity contribution >= 4 is 14.4 Å². The Morgan fingerprint density at radius 1 is 0.628 bits per heavy atom. The molecule has 6 rings (SSSR count). The molecule has 5 atom stereocenters. The summed E-state index contributed by atoms with van der Waals surface area (Å²) in [5, 5.41) is 1.23. The minimum absolute atomic E-state index is 0.246. The Bertz CT molecular complexity index is 1450. The monoisotopic (exact) mass is 592 g/mol. The topological polar surface area (TPSA) is 46.2 Å². The summed E-state index contributed by atoms with van der Waals surface area (Å²) in [6.07, 6.45) is 0.650. The summed E-state index contributed by atoms with van der Waals surface area (Å²) >= 11 is 0. The third-order valence-corrected chi connectivity index (χ3v) is 10.8. The molecule has 2 fully saturated rings. The average molecular weight is 593 g/mol. The molecular formula is C37H40O5Si. The van der Waals surface area contributed by atoms with E-state index < -0.39 is 8.32 Å². The third-order valence-electron chi connectivity index (χ3n) is 8.15. The van der Waals surface area contributed by atoms with E-state index in [0.29, 0.717) is 26.4 Å². The molecule has 4 aromatic rings. The van der Waals surface area contributed by atoms with Gasteiger partial charge in [0.1, 0.15) is 30.5 Å². The van der Waals surface area contributed by atoms with Crippen LogP contribution in [-0.2, 0) is 43.2 Å². The Morgan fingerprint density at radius 3 is 1.67 bits per heavy atom. The Hall–Kier alpha value is -3.36. The van der Waals surface area contributed by atoms with Gasteiger partial charge < -0.3 is 23.4 Å². The van der Waals surface area contributed by atoms with E-state index >= 15 is 0 Å².